The van der Waals surface area contributed by atoms with Gasteiger partial charge in [0.05, 0.1) is 22.7 Å². The van der Waals surface area contributed by atoms with Crippen molar-refractivity contribution in [1.82, 2.24) is 14.9 Å². The molecule has 2 aromatic carbocycles. The zero-order valence-electron chi connectivity index (χ0n) is 15.7. The van der Waals surface area contributed by atoms with E-state index >= 15 is 0 Å². The Kier molecular flexibility index (Phi) is 6.43. The van der Waals surface area contributed by atoms with E-state index in [9.17, 15) is 18.4 Å². The summed E-state index contributed by atoms with van der Waals surface area (Å²) in [5, 5.41) is 3.55. The van der Waals surface area contributed by atoms with E-state index in [4.69, 9.17) is 0 Å². The highest BCUT2D eigenvalue weighted by molar-refractivity contribution is 7.99. The number of nitrogens with zero attached hydrogens (tertiary/aromatic N) is 2. The molecule has 0 aliphatic rings. The molecular formula is C21H19F2N3O2S. The highest BCUT2D eigenvalue weighted by atomic mass is 32.2. The minimum Gasteiger partial charge on any atom is -0.349 e. The summed E-state index contributed by atoms with van der Waals surface area (Å²) in [6.45, 7) is 5.54. The monoisotopic (exact) mass is 415 g/mol. The Labute approximate surface area is 170 Å². The van der Waals surface area contributed by atoms with Gasteiger partial charge < -0.3 is 5.32 Å². The summed E-state index contributed by atoms with van der Waals surface area (Å²) in [7, 11) is 0. The standard InChI is InChI=1S/C21H19F2N3O2S/c1-3-10-26-20(28)16-6-4-5-7-18(16)25-21(26)29-12-19(27)24-13(2)15-9-8-14(22)11-17(15)23/h3-9,11,13H,1,10,12H2,2H3,(H,24,27)/t13-/m0/s1. The van der Waals surface area contributed by atoms with Gasteiger partial charge in [-0.25, -0.2) is 13.8 Å². The number of hydrogen-bond acceptors (Lipinski definition) is 4. The average molecular weight is 415 g/mol. The number of halogens is 2. The average Bonchev–Trinajstić information content (AvgIpc) is 2.68. The molecule has 0 saturated heterocycles. The van der Waals surface area contributed by atoms with Crippen molar-refractivity contribution in [3.8, 4) is 0 Å². The van der Waals surface area contributed by atoms with E-state index in [0.29, 0.717) is 16.1 Å². The van der Waals surface area contributed by atoms with E-state index < -0.39 is 17.7 Å². The highest BCUT2D eigenvalue weighted by Gasteiger charge is 2.16. The van der Waals surface area contributed by atoms with Crippen molar-refractivity contribution in [2.75, 3.05) is 5.75 Å². The summed E-state index contributed by atoms with van der Waals surface area (Å²) >= 11 is 1.11. The fraction of sp³-hybridized carbons (Fsp3) is 0.190. The second-order valence-electron chi connectivity index (χ2n) is 6.36. The van der Waals surface area contributed by atoms with Gasteiger partial charge >= 0.3 is 0 Å². The third kappa shape index (κ3) is 4.71. The van der Waals surface area contributed by atoms with Crippen molar-refractivity contribution < 1.29 is 13.6 Å². The van der Waals surface area contributed by atoms with Crippen LogP contribution in [0, 0.1) is 11.6 Å². The lowest BCUT2D eigenvalue weighted by atomic mass is 10.1. The normalized spacial score (nSPS) is 12.0. The molecule has 5 nitrogen and oxygen atoms in total. The molecule has 150 valence electrons. The number of benzene rings is 2. The molecule has 0 saturated carbocycles. The van der Waals surface area contributed by atoms with Crippen LogP contribution in [0.25, 0.3) is 10.9 Å². The van der Waals surface area contributed by atoms with Crippen LogP contribution in [0.5, 0.6) is 0 Å². The number of rotatable bonds is 7. The predicted molar refractivity (Wildman–Crippen MR) is 110 cm³/mol. The van der Waals surface area contributed by atoms with E-state index in [1.807, 2.05) is 0 Å². The molecule has 1 aromatic heterocycles. The van der Waals surface area contributed by atoms with Crippen LogP contribution in [-0.2, 0) is 11.3 Å². The number of hydrogen-bond donors (Lipinski definition) is 1. The van der Waals surface area contributed by atoms with Gasteiger partial charge in [0.25, 0.3) is 5.56 Å². The van der Waals surface area contributed by atoms with E-state index in [1.165, 1.54) is 10.6 Å². The number of amides is 1. The molecule has 0 bridgehead atoms. The van der Waals surface area contributed by atoms with E-state index in [1.54, 1.807) is 37.3 Å². The Balaban J connectivity index is 1.75. The lowest BCUT2D eigenvalue weighted by Gasteiger charge is -2.16. The molecule has 3 aromatic rings. The van der Waals surface area contributed by atoms with Gasteiger partial charge in [-0.2, -0.15) is 0 Å². The van der Waals surface area contributed by atoms with E-state index in [-0.39, 0.29) is 29.3 Å². The predicted octanol–water partition coefficient (Wildman–Crippen LogP) is 3.83. The van der Waals surface area contributed by atoms with Crippen LogP contribution in [0.2, 0.25) is 0 Å². The zero-order chi connectivity index (χ0) is 21.0. The molecule has 0 radical (unpaired) electrons. The van der Waals surface area contributed by atoms with Crippen molar-refractivity contribution >= 4 is 28.6 Å². The van der Waals surface area contributed by atoms with Crippen LogP contribution < -0.4 is 10.9 Å². The second kappa shape index (κ2) is 9.00. The van der Waals surface area contributed by atoms with Crippen LogP contribution in [0.15, 0.2) is 65.1 Å². The van der Waals surface area contributed by atoms with Gasteiger partial charge in [-0.05, 0) is 25.1 Å². The molecule has 0 spiro atoms. The van der Waals surface area contributed by atoms with Gasteiger partial charge in [0, 0.05) is 18.2 Å². The molecule has 1 heterocycles. The third-order valence-electron chi connectivity index (χ3n) is 4.28. The van der Waals surface area contributed by atoms with Crippen LogP contribution in [0.3, 0.4) is 0 Å². The first-order valence-electron chi connectivity index (χ1n) is 8.88. The van der Waals surface area contributed by atoms with Gasteiger partial charge in [0.15, 0.2) is 5.16 Å². The van der Waals surface area contributed by atoms with Crippen molar-refractivity contribution in [2.45, 2.75) is 24.7 Å². The topological polar surface area (TPSA) is 64.0 Å². The van der Waals surface area contributed by atoms with Crippen LogP contribution in [0.4, 0.5) is 8.78 Å². The number of thioether (sulfide) groups is 1. The molecule has 8 heteroatoms. The molecule has 1 atom stereocenters. The molecule has 3 rings (SSSR count). The first kappa shape index (κ1) is 20.7. The molecule has 1 amide bonds. The quantitative estimate of drug-likeness (QED) is 0.362. The van der Waals surface area contributed by atoms with Gasteiger partial charge in [0.2, 0.25) is 5.91 Å². The van der Waals surface area contributed by atoms with Gasteiger partial charge in [0.1, 0.15) is 11.6 Å². The van der Waals surface area contributed by atoms with Crippen LogP contribution in [-0.4, -0.2) is 21.2 Å². The SMILES string of the molecule is C=CCn1c(SCC(=O)N[C@@H](C)c2ccc(F)cc2F)nc2ccccc2c1=O. The van der Waals surface area contributed by atoms with Gasteiger partial charge in [-0.3, -0.25) is 14.2 Å². The fourth-order valence-electron chi connectivity index (χ4n) is 2.89. The molecule has 0 aliphatic heterocycles. The largest absolute Gasteiger partial charge is 0.349 e. The molecule has 0 aliphatic carbocycles. The minimum absolute atomic E-state index is 0.0188. The maximum atomic E-state index is 13.9. The van der Waals surface area contributed by atoms with Crippen molar-refractivity contribution in [2.24, 2.45) is 0 Å². The third-order valence-corrected chi connectivity index (χ3v) is 5.25. The number of para-hydroxylation sites is 1. The molecule has 29 heavy (non-hydrogen) atoms. The molecular weight excluding hydrogens is 396 g/mol. The lowest BCUT2D eigenvalue weighted by molar-refractivity contribution is -0.119. The molecule has 0 unspecified atom stereocenters. The minimum atomic E-state index is -0.721. The molecule has 0 fully saturated rings. The number of carbonyl (C=O) groups is 1. The number of fused-ring (bicyclic) bond motifs is 1. The first-order valence-corrected chi connectivity index (χ1v) is 9.87. The smallest absolute Gasteiger partial charge is 0.262 e. The maximum Gasteiger partial charge on any atom is 0.262 e. The van der Waals surface area contributed by atoms with Crippen molar-refractivity contribution in [3.63, 3.8) is 0 Å². The van der Waals surface area contributed by atoms with E-state index in [2.05, 4.69) is 16.9 Å². The van der Waals surface area contributed by atoms with Crippen LogP contribution >= 0.6 is 11.8 Å². The van der Waals surface area contributed by atoms with Crippen molar-refractivity contribution in [1.29, 1.82) is 0 Å². The Morgan fingerprint density at radius 2 is 2.07 bits per heavy atom. The summed E-state index contributed by atoms with van der Waals surface area (Å²) in [6, 6.07) is 9.57. The number of nitrogens with one attached hydrogen (secondary N) is 1. The summed E-state index contributed by atoms with van der Waals surface area (Å²) in [5.41, 5.74) is 0.528. The maximum absolute atomic E-state index is 13.9. The highest BCUT2D eigenvalue weighted by Crippen LogP contribution is 2.20. The second-order valence-corrected chi connectivity index (χ2v) is 7.30. The van der Waals surface area contributed by atoms with Crippen molar-refractivity contribution in [3.05, 3.63) is 82.7 Å². The van der Waals surface area contributed by atoms with Gasteiger partial charge in [-0.15, -0.1) is 6.58 Å². The zero-order valence-corrected chi connectivity index (χ0v) is 16.5. The number of carbonyl (C=O) groups excluding carboxylic acids is 1. The Morgan fingerprint density at radius 3 is 2.79 bits per heavy atom. The van der Waals surface area contributed by atoms with Crippen LogP contribution in [0.1, 0.15) is 18.5 Å². The summed E-state index contributed by atoms with van der Waals surface area (Å²) in [5.74, 6) is -1.78. The number of allylic oxidation sites excluding steroid dienone is 1. The Hall–Kier alpha value is -3.00. The fourth-order valence-corrected chi connectivity index (χ4v) is 3.71. The Morgan fingerprint density at radius 1 is 1.31 bits per heavy atom. The summed E-state index contributed by atoms with van der Waals surface area (Å²) in [4.78, 5) is 29.5. The lowest BCUT2D eigenvalue weighted by Crippen LogP contribution is -2.29. The van der Waals surface area contributed by atoms with Gasteiger partial charge in [-0.1, -0.05) is 36.0 Å². The first-order chi connectivity index (χ1) is 13.9. The molecule has 1 N–H and O–H groups in total. The summed E-state index contributed by atoms with van der Waals surface area (Å²) in [6.07, 6.45) is 1.58. The number of aromatic nitrogens is 2. The Bertz CT molecular complexity index is 1130. The van der Waals surface area contributed by atoms with E-state index in [0.717, 1.165) is 23.9 Å². The summed E-state index contributed by atoms with van der Waals surface area (Å²) < 4.78 is 28.4.